The van der Waals surface area contributed by atoms with E-state index in [2.05, 4.69) is 29.6 Å². The number of sulfonamides is 1. The lowest BCUT2D eigenvalue weighted by molar-refractivity contribution is 0.251. The molecule has 1 atom stereocenters. The van der Waals surface area contributed by atoms with E-state index in [1.807, 2.05) is 17.7 Å². The molecular weight excluding hydrogens is 318 g/mol. The number of carbonyl (C=O) groups excluding carboxylic acids is 1. The van der Waals surface area contributed by atoms with Crippen LogP contribution in [0.1, 0.15) is 38.4 Å². The number of nitrogens with one attached hydrogen (secondary N) is 2. The highest BCUT2D eigenvalue weighted by Gasteiger charge is 2.27. The lowest BCUT2D eigenvalue weighted by Crippen LogP contribution is -2.37. The van der Waals surface area contributed by atoms with Gasteiger partial charge in [0.05, 0.1) is 5.75 Å². The molecule has 1 saturated heterocycles. The van der Waals surface area contributed by atoms with Gasteiger partial charge >= 0.3 is 6.03 Å². The van der Waals surface area contributed by atoms with Gasteiger partial charge in [-0.3, -0.25) is 10.00 Å². The van der Waals surface area contributed by atoms with E-state index in [9.17, 15) is 13.2 Å². The van der Waals surface area contributed by atoms with Crippen molar-refractivity contribution in [3.05, 3.63) is 11.8 Å². The van der Waals surface area contributed by atoms with Gasteiger partial charge < -0.3 is 5.32 Å². The largest absolute Gasteiger partial charge is 0.337 e. The molecule has 2 rings (SSSR count). The summed E-state index contributed by atoms with van der Waals surface area (Å²) in [5.74, 6) is 0.694. The molecule has 1 aromatic heterocycles. The predicted octanol–water partition coefficient (Wildman–Crippen LogP) is 1.32. The number of aryl methyl sites for hydroxylation is 1. The van der Waals surface area contributed by atoms with Gasteiger partial charge in [0.1, 0.15) is 0 Å². The summed E-state index contributed by atoms with van der Waals surface area (Å²) in [5, 5.41) is 9.71. The van der Waals surface area contributed by atoms with Crippen LogP contribution in [0.2, 0.25) is 0 Å². The highest BCUT2D eigenvalue weighted by molar-refractivity contribution is 7.89. The van der Waals surface area contributed by atoms with E-state index in [1.54, 1.807) is 0 Å². The van der Waals surface area contributed by atoms with Crippen molar-refractivity contribution >= 4 is 21.9 Å². The number of urea groups is 1. The summed E-state index contributed by atoms with van der Waals surface area (Å²) < 4.78 is 26.6. The molecule has 2 N–H and O–H groups in total. The summed E-state index contributed by atoms with van der Waals surface area (Å²) in [5.41, 5.74) is 0.984. The Hall–Kier alpha value is -1.61. The van der Waals surface area contributed by atoms with E-state index in [-0.39, 0.29) is 24.4 Å². The molecule has 1 aliphatic heterocycles. The average molecular weight is 343 g/mol. The number of hydrogen-bond donors (Lipinski definition) is 2. The van der Waals surface area contributed by atoms with Gasteiger partial charge in [0.15, 0.2) is 5.82 Å². The molecule has 8 nitrogen and oxygen atoms in total. The Balaban J connectivity index is 1.81. The molecule has 23 heavy (non-hydrogen) atoms. The van der Waals surface area contributed by atoms with Crippen LogP contribution in [-0.4, -0.2) is 53.9 Å². The Bertz CT molecular complexity index is 655. The summed E-state index contributed by atoms with van der Waals surface area (Å²) in [6.45, 7) is 7.20. The van der Waals surface area contributed by atoms with Crippen LogP contribution in [0.5, 0.6) is 0 Å². The number of amides is 2. The van der Waals surface area contributed by atoms with Crippen molar-refractivity contribution in [2.24, 2.45) is 0 Å². The van der Waals surface area contributed by atoms with Gasteiger partial charge in [-0.2, -0.15) is 5.10 Å². The highest BCUT2D eigenvalue weighted by Crippen LogP contribution is 2.16. The number of carbonyl (C=O) groups is 1. The molecule has 0 radical (unpaired) electrons. The van der Waals surface area contributed by atoms with Gasteiger partial charge in [-0.15, -0.1) is 0 Å². The summed E-state index contributed by atoms with van der Waals surface area (Å²) >= 11 is 0. The van der Waals surface area contributed by atoms with Crippen LogP contribution in [-0.2, 0) is 10.0 Å². The molecule has 130 valence electrons. The molecule has 0 bridgehead atoms. The van der Waals surface area contributed by atoms with Gasteiger partial charge in [-0.1, -0.05) is 6.92 Å². The fourth-order valence-corrected chi connectivity index (χ4v) is 4.09. The summed E-state index contributed by atoms with van der Waals surface area (Å²) in [7, 11) is -3.11. The maximum absolute atomic E-state index is 11.9. The summed E-state index contributed by atoms with van der Waals surface area (Å²) in [6, 6.07) is 1.71. The number of aromatic nitrogens is 2. The molecule has 1 aromatic rings. The number of rotatable bonds is 6. The quantitative estimate of drug-likeness (QED) is 0.814. The van der Waals surface area contributed by atoms with E-state index < -0.39 is 10.0 Å². The minimum Gasteiger partial charge on any atom is -0.337 e. The van der Waals surface area contributed by atoms with E-state index in [4.69, 9.17) is 0 Å². The van der Waals surface area contributed by atoms with Crippen LogP contribution >= 0.6 is 0 Å². The first kappa shape index (κ1) is 17.7. The van der Waals surface area contributed by atoms with Crippen molar-refractivity contribution in [2.75, 3.05) is 30.7 Å². The molecule has 1 fully saturated rings. The zero-order valence-corrected chi connectivity index (χ0v) is 14.7. The van der Waals surface area contributed by atoms with Crippen molar-refractivity contribution in [3.63, 3.8) is 0 Å². The normalized spacial score (nSPS) is 18.7. The van der Waals surface area contributed by atoms with Gasteiger partial charge in [0, 0.05) is 37.4 Å². The molecule has 0 aliphatic carbocycles. The summed E-state index contributed by atoms with van der Waals surface area (Å²) in [6.07, 6.45) is 1.61. The second kappa shape index (κ2) is 7.31. The Morgan fingerprint density at radius 1 is 1.48 bits per heavy atom. The van der Waals surface area contributed by atoms with Crippen molar-refractivity contribution in [2.45, 2.75) is 39.7 Å². The first-order chi connectivity index (χ1) is 10.8. The Morgan fingerprint density at radius 2 is 2.22 bits per heavy atom. The third-order valence-electron chi connectivity index (χ3n) is 4.02. The van der Waals surface area contributed by atoms with Gasteiger partial charge in [0.2, 0.25) is 10.0 Å². The van der Waals surface area contributed by atoms with Gasteiger partial charge in [-0.05, 0) is 26.7 Å². The Kier molecular flexibility index (Phi) is 5.64. The SMILES string of the molecule is CCC(C)n1nc(NC(=O)NCCN2CCCS2(=O)=O)cc1C. The van der Waals surface area contributed by atoms with Gasteiger partial charge in [-0.25, -0.2) is 17.5 Å². The van der Waals surface area contributed by atoms with Crippen LogP contribution in [0.3, 0.4) is 0 Å². The van der Waals surface area contributed by atoms with Crippen molar-refractivity contribution in [3.8, 4) is 0 Å². The second-order valence-corrected chi connectivity index (χ2v) is 7.91. The van der Waals surface area contributed by atoms with Crippen LogP contribution in [0.25, 0.3) is 0 Å². The van der Waals surface area contributed by atoms with Crippen LogP contribution in [0.4, 0.5) is 10.6 Å². The predicted molar refractivity (Wildman–Crippen MR) is 89.0 cm³/mol. The monoisotopic (exact) mass is 343 g/mol. The zero-order chi connectivity index (χ0) is 17.0. The first-order valence-electron chi connectivity index (χ1n) is 7.92. The number of anilines is 1. The van der Waals surface area contributed by atoms with Crippen LogP contribution in [0.15, 0.2) is 6.07 Å². The molecule has 0 spiro atoms. The minimum atomic E-state index is -3.11. The summed E-state index contributed by atoms with van der Waals surface area (Å²) in [4.78, 5) is 11.9. The highest BCUT2D eigenvalue weighted by atomic mass is 32.2. The fourth-order valence-electron chi connectivity index (χ4n) is 2.57. The molecule has 1 aliphatic rings. The molecule has 0 saturated carbocycles. The average Bonchev–Trinajstić information content (AvgIpc) is 3.00. The van der Waals surface area contributed by atoms with E-state index in [1.165, 1.54) is 4.31 Å². The molecule has 2 heterocycles. The minimum absolute atomic E-state index is 0.200. The number of nitrogens with zero attached hydrogens (tertiary/aromatic N) is 3. The Morgan fingerprint density at radius 3 is 2.83 bits per heavy atom. The van der Waals surface area contributed by atoms with E-state index in [0.29, 0.717) is 25.3 Å². The smallest absolute Gasteiger partial charge is 0.320 e. The third-order valence-corrected chi connectivity index (χ3v) is 5.98. The lowest BCUT2D eigenvalue weighted by Gasteiger charge is -2.14. The lowest BCUT2D eigenvalue weighted by atomic mass is 10.2. The zero-order valence-electron chi connectivity index (χ0n) is 13.9. The van der Waals surface area contributed by atoms with Crippen molar-refractivity contribution in [1.82, 2.24) is 19.4 Å². The number of hydrogen-bond acceptors (Lipinski definition) is 4. The van der Waals surface area contributed by atoms with Crippen LogP contribution in [0, 0.1) is 6.92 Å². The van der Waals surface area contributed by atoms with Crippen LogP contribution < -0.4 is 10.6 Å². The maximum atomic E-state index is 11.9. The fraction of sp³-hybridized carbons (Fsp3) is 0.714. The molecule has 9 heteroatoms. The molecule has 2 amide bonds. The topological polar surface area (TPSA) is 96.3 Å². The molecular formula is C14H25N5O3S. The van der Waals surface area contributed by atoms with Gasteiger partial charge in [0.25, 0.3) is 0 Å². The second-order valence-electron chi connectivity index (χ2n) is 5.82. The molecule has 1 unspecified atom stereocenters. The Labute approximate surface area is 137 Å². The van der Waals surface area contributed by atoms with E-state index >= 15 is 0 Å². The first-order valence-corrected chi connectivity index (χ1v) is 9.53. The standard InChI is InChI=1S/C14H25N5O3S/c1-4-11(2)19-12(3)10-13(17-19)16-14(20)15-6-8-18-7-5-9-23(18,21)22/h10-11H,4-9H2,1-3H3,(H2,15,16,17,20). The van der Waals surface area contributed by atoms with Crippen molar-refractivity contribution < 1.29 is 13.2 Å². The van der Waals surface area contributed by atoms with E-state index in [0.717, 1.165) is 12.1 Å². The van der Waals surface area contributed by atoms with Crippen molar-refractivity contribution in [1.29, 1.82) is 0 Å². The molecule has 0 aromatic carbocycles. The maximum Gasteiger partial charge on any atom is 0.320 e. The third kappa shape index (κ3) is 4.44.